The molecule has 25 heavy (non-hydrogen) atoms. The molecule has 3 rings (SSSR count). The summed E-state index contributed by atoms with van der Waals surface area (Å²) in [5.74, 6) is 1.37. The van der Waals surface area contributed by atoms with Crippen LogP contribution in [0.2, 0.25) is 0 Å². The van der Waals surface area contributed by atoms with E-state index in [9.17, 15) is 4.79 Å². The highest BCUT2D eigenvalue weighted by Gasteiger charge is 2.27. The molecule has 0 radical (unpaired) electrons. The van der Waals surface area contributed by atoms with Crippen LogP contribution in [0.4, 0.5) is 4.79 Å². The summed E-state index contributed by atoms with van der Waals surface area (Å²) in [6.45, 7) is 5.25. The number of urea groups is 1. The maximum Gasteiger partial charge on any atom is 0.317 e. The Morgan fingerprint density at radius 3 is 2.96 bits per heavy atom. The molecule has 6 heteroatoms. The zero-order valence-electron chi connectivity index (χ0n) is 14.9. The van der Waals surface area contributed by atoms with E-state index in [1.165, 1.54) is 5.56 Å². The quantitative estimate of drug-likeness (QED) is 0.822. The number of aromatic nitrogens is 3. The third kappa shape index (κ3) is 4.59. The summed E-state index contributed by atoms with van der Waals surface area (Å²) in [4.78, 5) is 22.9. The number of amides is 2. The highest BCUT2D eigenvalue weighted by molar-refractivity contribution is 5.74. The molecule has 2 aromatic heterocycles. The Balaban J connectivity index is 1.64. The molecule has 0 bridgehead atoms. The van der Waals surface area contributed by atoms with Crippen LogP contribution < -0.4 is 5.32 Å². The van der Waals surface area contributed by atoms with Crippen LogP contribution in [0.25, 0.3) is 0 Å². The van der Waals surface area contributed by atoms with Crippen molar-refractivity contribution in [1.82, 2.24) is 24.8 Å². The molecular weight excluding hydrogens is 314 g/mol. The first kappa shape index (κ1) is 17.5. The Labute approximate surface area is 149 Å². The number of nitrogens with zero attached hydrogens (tertiary/aromatic N) is 4. The summed E-state index contributed by atoms with van der Waals surface area (Å²) < 4.78 is 2.19. The minimum absolute atomic E-state index is 0.0605. The van der Waals surface area contributed by atoms with Crippen LogP contribution in [0.1, 0.15) is 49.9 Å². The molecule has 2 aromatic rings. The molecule has 3 heterocycles. The molecule has 0 spiro atoms. The van der Waals surface area contributed by atoms with Crippen LogP contribution in [0.15, 0.2) is 36.9 Å². The molecule has 0 aliphatic carbocycles. The van der Waals surface area contributed by atoms with Gasteiger partial charge in [-0.05, 0) is 37.0 Å². The molecule has 6 nitrogen and oxygen atoms in total. The molecular formula is C19H27N5O. The number of carbonyl (C=O) groups excluding carboxylic acids is 1. The van der Waals surface area contributed by atoms with Crippen molar-refractivity contribution in [3.05, 3.63) is 48.3 Å². The fourth-order valence-electron chi connectivity index (χ4n) is 3.36. The number of hydrogen-bond acceptors (Lipinski definition) is 3. The molecule has 1 atom stereocenters. The lowest BCUT2D eigenvalue weighted by Crippen LogP contribution is -2.45. The second-order valence-electron chi connectivity index (χ2n) is 6.64. The molecule has 1 N–H and O–H groups in total. The van der Waals surface area contributed by atoms with Crippen LogP contribution in [0.5, 0.6) is 0 Å². The second-order valence-corrected chi connectivity index (χ2v) is 6.64. The second kappa shape index (κ2) is 8.65. The summed E-state index contributed by atoms with van der Waals surface area (Å²) >= 11 is 0. The van der Waals surface area contributed by atoms with Gasteiger partial charge in [0.1, 0.15) is 5.82 Å². The lowest BCUT2D eigenvalue weighted by Gasteiger charge is -2.32. The van der Waals surface area contributed by atoms with Crippen LogP contribution in [-0.2, 0) is 6.54 Å². The van der Waals surface area contributed by atoms with Crippen molar-refractivity contribution in [2.45, 2.75) is 45.1 Å². The first-order valence-corrected chi connectivity index (χ1v) is 9.20. The largest absolute Gasteiger partial charge is 0.338 e. The Morgan fingerprint density at radius 1 is 1.32 bits per heavy atom. The third-order valence-corrected chi connectivity index (χ3v) is 4.73. The molecule has 2 amide bonds. The fourth-order valence-corrected chi connectivity index (χ4v) is 3.36. The maximum atomic E-state index is 12.3. The van der Waals surface area contributed by atoms with Gasteiger partial charge in [-0.15, -0.1) is 0 Å². The first-order chi connectivity index (χ1) is 12.3. The van der Waals surface area contributed by atoms with Crippen LogP contribution in [-0.4, -0.2) is 45.1 Å². The zero-order valence-corrected chi connectivity index (χ0v) is 14.9. The number of pyridine rings is 1. The van der Waals surface area contributed by atoms with Gasteiger partial charge in [0, 0.05) is 56.9 Å². The molecule has 1 fully saturated rings. The average Bonchev–Trinajstić information content (AvgIpc) is 3.11. The van der Waals surface area contributed by atoms with Gasteiger partial charge in [0.2, 0.25) is 0 Å². The highest BCUT2D eigenvalue weighted by atomic mass is 16.2. The van der Waals surface area contributed by atoms with Crippen molar-refractivity contribution in [2.75, 3.05) is 19.6 Å². The van der Waals surface area contributed by atoms with E-state index in [-0.39, 0.29) is 6.03 Å². The van der Waals surface area contributed by atoms with Crippen molar-refractivity contribution < 1.29 is 4.79 Å². The number of hydrogen-bond donors (Lipinski definition) is 1. The first-order valence-electron chi connectivity index (χ1n) is 9.20. The molecule has 134 valence electrons. The van der Waals surface area contributed by atoms with Gasteiger partial charge in [-0.2, -0.15) is 0 Å². The topological polar surface area (TPSA) is 63.1 Å². The van der Waals surface area contributed by atoms with Crippen molar-refractivity contribution in [3.63, 3.8) is 0 Å². The highest BCUT2D eigenvalue weighted by Crippen LogP contribution is 2.26. The summed E-state index contributed by atoms with van der Waals surface area (Å²) in [7, 11) is 0. The third-order valence-electron chi connectivity index (χ3n) is 4.73. The Morgan fingerprint density at radius 2 is 2.16 bits per heavy atom. The van der Waals surface area contributed by atoms with Crippen molar-refractivity contribution in [2.24, 2.45) is 0 Å². The summed E-state index contributed by atoms with van der Waals surface area (Å²) in [5.41, 5.74) is 1.21. The molecule has 1 unspecified atom stereocenters. The SMILES string of the molecule is CCCCNC(=O)N1CCCC(c2nccn2Cc2ccncc2)C1. The van der Waals surface area contributed by atoms with E-state index >= 15 is 0 Å². The smallest absolute Gasteiger partial charge is 0.317 e. The molecule has 1 aliphatic heterocycles. The predicted molar refractivity (Wildman–Crippen MR) is 97.4 cm³/mol. The minimum atomic E-state index is 0.0605. The number of likely N-dealkylation sites (tertiary alicyclic amines) is 1. The van der Waals surface area contributed by atoms with Gasteiger partial charge in [-0.3, -0.25) is 4.98 Å². The normalized spacial score (nSPS) is 17.5. The van der Waals surface area contributed by atoms with E-state index in [1.807, 2.05) is 41.8 Å². The fraction of sp³-hybridized carbons (Fsp3) is 0.526. The number of piperidine rings is 1. The molecule has 1 saturated heterocycles. The lowest BCUT2D eigenvalue weighted by molar-refractivity contribution is 0.177. The van der Waals surface area contributed by atoms with Crippen molar-refractivity contribution in [3.8, 4) is 0 Å². The zero-order chi connectivity index (χ0) is 17.5. The number of rotatable bonds is 6. The van der Waals surface area contributed by atoms with Gasteiger partial charge in [0.05, 0.1) is 0 Å². The van der Waals surface area contributed by atoms with E-state index in [2.05, 4.69) is 26.8 Å². The predicted octanol–water partition coefficient (Wildman–Crippen LogP) is 3.02. The average molecular weight is 341 g/mol. The lowest BCUT2D eigenvalue weighted by atomic mass is 9.97. The van der Waals surface area contributed by atoms with Crippen LogP contribution >= 0.6 is 0 Å². The van der Waals surface area contributed by atoms with Crippen LogP contribution in [0.3, 0.4) is 0 Å². The number of nitrogens with one attached hydrogen (secondary N) is 1. The van der Waals surface area contributed by atoms with Gasteiger partial charge < -0.3 is 14.8 Å². The monoisotopic (exact) mass is 341 g/mol. The van der Waals surface area contributed by atoms with Gasteiger partial charge in [0.15, 0.2) is 0 Å². The number of carbonyl (C=O) groups is 1. The van der Waals surface area contributed by atoms with Gasteiger partial charge in [-0.1, -0.05) is 13.3 Å². The van der Waals surface area contributed by atoms with Crippen LogP contribution in [0, 0.1) is 0 Å². The summed E-state index contributed by atoms with van der Waals surface area (Å²) in [6.07, 6.45) is 11.7. The molecule has 1 aliphatic rings. The van der Waals surface area contributed by atoms with E-state index in [4.69, 9.17) is 0 Å². The Bertz CT molecular complexity index is 669. The van der Waals surface area contributed by atoms with Gasteiger partial charge >= 0.3 is 6.03 Å². The Kier molecular flexibility index (Phi) is 6.04. The van der Waals surface area contributed by atoms with E-state index in [0.717, 1.165) is 57.7 Å². The molecule has 0 aromatic carbocycles. The summed E-state index contributed by atoms with van der Waals surface area (Å²) in [6, 6.07) is 4.11. The standard InChI is InChI=1S/C19H27N5O/c1-2-3-8-22-19(25)24-12-4-5-17(15-24)18-21-11-13-23(18)14-16-6-9-20-10-7-16/h6-7,9-11,13,17H,2-5,8,12,14-15H2,1H3,(H,22,25). The number of unbranched alkanes of at least 4 members (excludes halogenated alkanes) is 1. The maximum absolute atomic E-state index is 12.3. The minimum Gasteiger partial charge on any atom is -0.338 e. The van der Waals surface area contributed by atoms with E-state index in [0.29, 0.717) is 5.92 Å². The Hall–Kier alpha value is -2.37. The van der Waals surface area contributed by atoms with Gasteiger partial charge in [-0.25, -0.2) is 9.78 Å². The van der Waals surface area contributed by atoms with E-state index in [1.54, 1.807) is 0 Å². The van der Waals surface area contributed by atoms with Gasteiger partial charge in [0.25, 0.3) is 0 Å². The number of imidazole rings is 1. The molecule has 0 saturated carbocycles. The van der Waals surface area contributed by atoms with Crippen molar-refractivity contribution in [1.29, 1.82) is 0 Å². The summed E-state index contributed by atoms with van der Waals surface area (Å²) in [5, 5.41) is 3.03. The van der Waals surface area contributed by atoms with E-state index < -0.39 is 0 Å². The van der Waals surface area contributed by atoms with Crippen molar-refractivity contribution >= 4 is 6.03 Å².